The van der Waals surface area contributed by atoms with Crippen LogP contribution in [-0.2, 0) is 24.2 Å². The lowest BCUT2D eigenvalue weighted by Gasteiger charge is -2.29. The third kappa shape index (κ3) is 3.63. The van der Waals surface area contributed by atoms with E-state index in [-0.39, 0.29) is 16.7 Å². The zero-order chi connectivity index (χ0) is 19.8. The lowest BCUT2D eigenvalue weighted by atomic mass is 9.89. The van der Waals surface area contributed by atoms with Crippen molar-refractivity contribution in [3.05, 3.63) is 20.8 Å². The minimum Gasteiger partial charge on any atom is -0.342 e. The Morgan fingerprint density at radius 2 is 2.07 bits per heavy atom. The molecule has 28 heavy (non-hydrogen) atoms. The van der Waals surface area contributed by atoms with Crippen molar-refractivity contribution in [2.75, 3.05) is 13.1 Å². The zero-order valence-corrected chi connectivity index (χ0v) is 18.6. The van der Waals surface area contributed by atoms with Crippen LogP contribution in [0.4, 0.5) is 0 Å². The topological polar surface area (TPSA) is 55.2 Å². The van der Waals surface area contributed by atoms with Crippen LogP contribution in [0.1, 0.15) is 56.9 Å². The fraction of sp³-hybridized carbons (Fsp3) is 0.667. The van der Waals surface area contributed by atoms with Crippen LogP contribution in [0.3, 0.4) is 0 Å². The number of likely N-dealkylation sites (tertiary alicyclic amines) is 1. The monoisotopic (exact) mass is 419 g/mol. The van der Waals surface area contributed by atoms with Crippen LogP contribution in [0, 0.1) is 5.92 Å². The molecule has 2 aromatic rings. The minimum absolute atomic E-state index is 0.0691. The van der Waals surface area contributed by atoms with Crippen molar-refractivity contribution in [3.63, 3.8) is 0 Å². The summed E-state index contributed by atoms with van der Waals surface area (Å²) in [6.45, 7) is 8.49. The van der Waals surface area contributed by atoms with Gasteiger partial charge in [0, 0.05) is 24.5 Å². The van der Waals surface area contributed by atoms with Crippen molar-refractivity contribution in [1.29, 1.82) is 0 Å². The molecule has 1 saturated heterocycles. The number of fused-ring (bicyclic) bond motifs is 3. The van der Waals surface area contributed by atoms with E-state index in [4.69, 9.17) is 4.98 Å². The highest BCUT2D eigenvalue weighted by atomic mass is 32.2. The van der Waals surface area contributed by atoms with Crippen LogP contribution < -0.4 is 5.56 Å². The Labute approximate surface area is 174 Å². The van der Waals surface area contributed by atoms with Gasteiger partial charge in [-0.2, -0.15) is 0 Å². The van der Waals surface area contributed by atoms with Gasteiger partial charge in [0.05, 0.1) is 10.6 Å². The maximum atomic E-state index is 13.3. The van der Waals surface area contributed by atoms with Crippen molar-refractivity contribution in [1.82, 2.24) is 14.5 Å². The van der Waals surface area contributed by atoms with Crippen molar-refractivity contribution < 1.29 is 4.79 Å². The van der Waals surface area contributed by atoms with Gasteiger partial charge in [0.2, 0.25) is 5.91 Å². The molecule has 1 fully saturated rings. The van der Waals surface area contributed by atoms with E-state index < -0.39 is 0 Å². The van der Waals surface area contributed by atoms with E-state index in [2.05, 4.69) is 6.92 Å². The molecule has 0 spiro atoms. The van der Waals surface area contributed by atoms with Gasteiger partial charge in [0.25, 0.3) is 5.56 Å². The highest BCUT2D eigenvalue weighted by Crippen LogP contribution is 2.37. The summed E-state index contributed by atoms with van der Waals surface area (Å²) in [6.07, 6.45) is 6.56. The van der Waals surface area contributed by atoms with Crippen LogP contribution >= 0.6 is 23.1 Å². The lowest BCUT2D eigenvalue weighted by Crippen LogP contribution is -2.40. The molecule has 7 heteroatoms. The van der Waals surface area contributed by atoms with Crippen LogP contribution in [0.2, 0.25) is 0 Å². The highest BCUT2D eigenvalue weighted by Gasteiger charge is 2.27. The van der Waals surface area contributed by atoms with E-state index in [1.54, 1.807) is 15.9 Å². The summed E-state index contributed by atoms with van der Waals surface area (Å²) in [5.41, 5.74) is 1.30. The standard InChI is InChI=1S/C21H29N3O2S2/c1-4-24-20(26)17-15-9-8-13(2)12-16(15)28-18(17)22-21(24)27-14(3)19(25)23-10-6-5-7-11-23/h13-14H,4-12H2,1-3H3/t13-,14-/m1/s1. The number of carbonyl (C=O) groups is 1. The molecule has 5 nitrogen and oxygen atoms in total. The number of amides is 1. The largest absolute Gasteiger partial charge is 0.342 e. The Balaban J connectivity index is 1.67. The predicted molar refractivity (Wildman–Crippen MR) is 116 cm³/mol. The van der Waals surface area contributed by atoms with Gasteiger partial charge in [-0.05, 0) is 63.9 Å². The number of thiophene rings is 1. The normalized spacial score (nSPS) is 21.0. The summed E-state index contributed by atoms with van der Waals surface area (Å²) in [5.74, 6) is 0.839. The molecule has 4 rings (SSSR count). The molecule has 0 unspecified atom stereocenters. The molecule has 152 valence electrons. The van der Waals surface area contributed by atoms with E-state index >= 15 is 0 Å². The molecular formula is C21H29N3O2S2. The van der Waals surface area contributed by atoms with Gasteiger partial charge in [-0.25, -0.2) is 4.98 Å². The quantitative estimate of drug-likeness (QED) is 0.553. The second kappa shape index (κ2) is 8.19. The summed E-state index contributed by atoms with van der Waals surface area (Å²) < 4.78 is 1.76. The van der Waals surface area contributed by atoms with Crippen LogP contribution in [0.5, 0.6) is 0 Å². The summed E-state index contributed by atoms with van der Waals surface area (Å²) >= 11 is 3.12. The predicted octanol–water partition coefficient (Wildman–Crippen LogP) is 4.10. The van der Waals surface area contributed by atoms with E-state index in [0.29, 0.717) is 17.6 Å². The molecule has 1 amide bonds. The molecule has 0 N–H and O–H groups in total. The Bertz CT molecular complexity index is 943. The maximum absolute atomic E-state index is 13.3. The number of piperidine rings is 1. The van der Waals surface area contributed by atoms with Gasteiger partial charge in [-0.15, -0.1) is 11.3 Å². The number of aryl methyl sites for hydroxylation is 1. The molecule has 1 aliphatic heterocycles. The third-order valence-electron chi connectivity index (χ3n) is 5.99. The Morgan fingerprint density at radius 3 is 2.79 bits per heavy atom. The molecule has 0 radical (unpaired) electrons. The summed E-state index contributed by atoms with van der Waals surface area (Å²) in [4.78, 5) is 35.1. The fourth-order valence-corrected chi connectivity index (χ4v) is 6.83. The first-order valence-electron chi connectivity index (χ1n) is 10.5. The SMILES string of the molecule is CCn1c(S[C@H](C)C(=O)N2CCCCC2)nc2sc3c(c2c1=O)CC[C@@H](C)C3. The van der Waals surface area contributed by atoms with Gasteiger partial charge in [-0.1, -0.05) is 18.7 Å². The van der Waals surface area contributed by atoms with E-state index in [1.165, 1.54) is 28.6 Å². The second-order valence-electron chi connectivity index (χ2n) is 8.12. The number of aromatic nitrogens is 2. The highest BCUT2D eigenvalue weighted by molar-refractivity contribution is 8.00. The molecule has 0 saturated carbocycles. The van der Waals surface area contributed by atoms with Crippen molar-refractivity contribution >= 4 is 39.2 Å². The molecule has 2 aliphatic rings. The van der Waals surface area contributed by atoms with E-state index in [9.17, 15) is 9.59 Å². The van der Waals surface area contributed by atoms with Gasteiger partial charge < -0.3 is 4.90 Å². The summed E-state index contributed by atoms with van der Waals surface area (Å²) in [5, 5.41) is 1.28. The number of carbonyl (C=O) groups excluding carboxylic acids is 1. The number of hydrogen-bond donors (Lipinski definition) is 0. The van der Waals surface area contributed by atoms with E-state index in [1.807, 2.05) is 18.7 Å². The van der Waals surface area contributed by atoms with Gasteiger partial charge >= 0.3 is 0 Å². The average Bonchev–Trinajstić information content (AvgIpc) is 3.05. The zero-order valence-electron chi connectivity index (χ0n) is 17.0. The second-order valence-corrected chi connectivity index (χ2v) is 10.5. The average molecular weight is 420 g/mol. The first-order chi connectivity index (χ1) is 13.5. The number of hydrogen-bond acceptors (Lipinski definition) is 5. The molecule has 1 aliphatic carbocycles. The molecular weight excluding hydrogens is 390 g/mol. The lowest BCUT2D eigenvalue weighted by molar-refractivity contribution is -0.131. The molecule has 2 aromatic heterocycles. The van der Waals surface area contributed by atoms with Crippen molar-refractivity contribution in [3.8, 4) is 0 Å². The molecule has 0 bridgehead atoms. The van der Waals surface area contributed by atoms with E-state index in [0.717, 1.165) is 55.4 Å². The Morgan fingerprint density at radius 1 is 1.32 bits per heavy atom. The van der Waals surface area contributed by atoms with Gasteiger partial charge in [0.15, 0.2) is 5.16 Å². The number of rotatable bonds is 4. The maximum Gasteiger partial charge on any atom is 0.263 e. The van der Waals surface area contributed by atoms with Gasteiger partial charge in [0.1, 0.15) is 4.83 Å². The molecule has 0 aromatic carbocycles. The minimum atomic E-state index is -0.227. The molecule has 3 heterocycles. The smallest absolute Gasteiger partial charge is 0.263 e. The fourth-order valence-electron chi connectivity index (χ4n) is 4.35. The van der Waals surface area contributed by atoms with Crippen LogP contribution in [0.15, 0.2) is 9.95 Å². The third-order valence-corrected chi connectivity index (χ3v) is 8.22. The summed E-state index contributed by atoms with van der Waals surface area (Å²) in [6, 6.07) is 0. The van der Waals surface area contributed by atoms with Crippen LogP contribution in [-0.4, -0.2) is 38.7 Å². The Hall–Kier alpha value is -1.34. The first kappa shape index (κ1) is 20.0. The van der Waals surface area contributed by atoms with Crippen LogP contribution in [0.25, 0.3) is 10.2 Å². The Kier molecular flexibility index (Phi) is 5.83. The van der Waals surface area contributed by atoms with Gasteiger partial charge in [-0.3, -0.25) is 14.2 Å². The number of nitrogens with zero attached hydrogens (tertiary/aromatic N) is 3. The van der Waals surface area contributed by atoms with Crippen molar-refractivity contribution in [2.24, 2.45) is 5.92 Å². The summed E-state index contributed by atoms with van der Waals surface area (Å²) in [7, 11) is 0. The number of thioether (sulfide) groups is 1. The molecule has 2 atom stereocenters. The first-order valence-corrected chi connectivity index (χ1v) is 12.2. The van der Waals surface area contributed by atoms with Crippen molar-refractivity contribution in [2.45, 2.75) is 76.2 Å².